The van der Waals surface area contributed by atoms with E-state index in [4.69, 9.17) is 0 Å². The zero-order valence-electron chi connectivity index (χ0n) is 16.7. The average molecular weight is 430 g/mol. The first-order valence-electron chi connectivity index (χ1n) is 10.2. The third-order valence-corrected chi connectivity index (χ3v) is 5.94. The second-order valence-electron chi connectivity index (χ2n) is 7.97. The van der Waals surface area contributed by atoms with Gasteiger partial charge in [0.15, 0.2) is 17.5 Å². The van der Waals surface area contributed by atoms with Crippen molar-refractivity contribution >= 4 is 0 Å². The fourth-order valence-corrected chi connectivity index (χ4v) is 4.04. The van der Waals surface area contributed by atoms with Crippen molar-refractivity contribution in [2.45, 2.75) is 58.0 Å². The van der Waals surface area contributed by atoms with Gasteiger partial charge in [0.1, 0.15) is 11.6 Å². The van der Waals surface area contributed by atoms with Gasteiger partial charge in [0.25, 0.3) is 0 Å². The summed E-state index contributed by atoms with van der Waals surface area (Å²) in [5.41, 5.74) is -0.455. The van der Waals surface area contributed by atoms with E-state index in [2.05, 4.69) is 11.7 Å². The van der Waals surface area contributed by atoms with E-state index in [9.17, 15) is 26.3 Å². The summed E-state index contributed by atoms with van der Waals surface area (Å²) in [6.07, 6.45) is 3.12. The van der Waals surface area contributed by atoms with Gasteiger partial charge in [0.05, 0.1) is 5.56 Å². The van der Waals surface area contributed by atoms with Crippen molar-refractivity contribution in [3.63, 3.8) is 0 Å². The second kappa shape index (κ2) is 9.31. The summed E-state index contributed by atoms with van der Waals surface area (Å²) in [5, 5.41) is 0. The summed E-state index contributed by atoms with van der Waals surface area (Å²) in [7, 11) is 0. The van der Waals surface area contributed by atoms with Gasteiger partial charge in [-0.15, -0.1) is 0 Å². The molecule has 0 spiro atoms. The van der Waals surface area contributed by atoms with Crippen LogP contribution >= 0.6 is 0 Å². The molecular formula is C23H24F6O. The quantitative estimate of drug-likeness (QED) is 0.326. The van der Waals surface area contributed by atoms with Crippen LogP contribution in [0.2, 0.25) is 0 Å². The number of hydrogen-bond donors (Lipinski definition) is 0. The fourth-order valence-electron chi connectivity index (χ4n) is 4.04. The predicted molar refractivity (Wildman–Crippen MR) is 101 cm³/mol. The molecule has 0 saturated heterocycles. The lowest BCUT2D eigenvalue weighted by molar-refractivity contribution is -0.187. The first-order valence-corrected chi connectivity index (χ1v) is 10.2. The zero-order valence-corrected chi connectivity index (χ0v) is 16.7. The summed E-state index contributed by atoms with van der Waals surface area (Å²) in [5.74, 6) is -5.93. The molecule has 0 aliphatic heterocycles. The standard InChI is InChI=1S/C23H24F6O/c1-2-14-3-5-15(6-4-14)7-8-16-9-10-18(19(24)11-16)23(28,29)30-17-12-20(25)22(27)21(26)13-17/h9-15H,2-8H2,1H3. The Balaban J connectivity index is 1.65. The first-order chi connectivity index (χ1) is 14.2. The van der Waals surface area contributed by atoms with Gasteiger partial charge in [-0.2, -0.15) is 8.78 Å². The molecule has 1 fully saturated rings. The lowest BCUT2D eigenvalue weighted by Crippen LogP contribution is -2.24. The maximum atomic E-state index is 14.4. The summed E-state index contributed by atoms with van der Waals surface area (Å²) in [6.45, 7) is 2.19. The van der Waals surface area contributed by atoms with Crippen LogP contribution in [0.5, 0.6) is 5.75 Å². The SMILES string of the molecule is CCC1CCC(CCc2ccc(C(F)(F)Oc3cc(F)c(F)c(F)c3)c(F)c2)CC1. The maximum Gasteiger partial charge on any atom is 0.429 e. The smallest absolute Gasteiger partial charge is 0.429 e. The number of hydrogen-bond acceptors (Lipinski definition) is 1. The molecule has 0 atom stereocenters. The molecule has 0 heterocycles. The highest BCUT2D eigenvalue weighted by Gasteiger charge is 2.38. The molecule has 2 aromatic rings. The molecule has 0 bridgehead atoms. The Morgan fingerprint density at radius 2 is 1.47 bits per heavy atom. The molecule has 0 N–H and O–H groups in total. The minimum Gasteiger partial charge on any atom is -0.429 e. The van der Waals surface area contributed by atoms with E-state index in [1.807, 2.05) is 0 Å². The molecule has 0 amide bonds. The average Bonchev–Trinajstić information content (AvgIpc) is 2.70. The van der Waals surface area contributed by atoms with E-state index < -0.39 is 40.7 Å². The Morgan fingerprint density at radius 1 is 0.867 bits per heavy atom. The van der Waals surface area contributed by atoms with Crippen LogP contribution in [-0.2, 0) is 12.5 Å². The van der Waals surface area contributed by atoms with Gasteiger partial charge in [-0.1, -0.05) is 45.1 Å². The van der Waals surface area contributed by atoms with Crippen LogP contribution in [0.15, 0.2) is 30.3 Å². The molecule has 0 aromatic heterocycles. The highest BCUT2D eigenvalue weighted by atomic mass is 19.3. The van der Waals surface area contributed by atoms with Crippen molar-refractivity contribution in [1.82, 2.24) is 0 Å². The lowest BCUT2D eigenvalue weighted by Gasteiger charge is -2.27. The molecule has 1 aliphatic rings. The van der Waals surface area contributed by atoms with E-state index in [-0.39, 0.29) is 12.1 Å². The van der Waals surface area contributed by atoms with E-state index >= 15 is 0 Å². The van der Waals surface area contributed by atoms with Crippen LogP contribution < -0.4 is 4.74 Å². The van der Waals surface area contributed by atoms with Crippen molar-refractivity contribution in [2.24, 2.45) is 11.8 Å². The van der Waals surface area contributed by atoms with Gasteiger partial charge in [-0.25, -0.2) is 17.6 Å². The second-order valence-corrected chi connectivity index (χ2v) is 7.97. The molecule has 2 aromatic carbocycles. The van der Waals surface area contributed by atoms with Crippen molar-refractivity contribution in [2.75, 3.05) is 0 Å². The van der Waals surface area contributed by atoms with Crippen LogP contribution in [0.25, 0.3) is 0 Å². The third kappa shape index (κ3) is 5.29. The third-order valence-electron chi connectivity index (χ3n) is 5.94. The van der Waals surface area contributed by atoms with Gasteiger partial charge < -0.3 is 4.74 Å². The number of aryl methyl sites for hydroxylation is 1. The minimum atomic E-state index is -4.18. The van der Waals surface area contributed by atoms with Crippen LogP contribution in [0, 0.1) is 35.1 Å². The van der Waals surface area contributed by atoms with E-state index in [0.717, 1.165) is 37.3 Å². The van der Waals surface area contributed by atoms with Gasteiger partial charge in [0.2, 0.25) is 0 Å². The largest absolute Gasteiger partial charge is 0.429 e. The van der Waals surface area contributed by atoms with Crippen molar-refractivity contribution in [3.8, 4) is 5.75 Å². The van der Waals surface area contributed by atoms with Crippen molar-refractivity contribution < 1.29 is 31.1 Å². The molecule has 30 heavy (non-hydrogen) atoms. The number of alkyl halides is 2. The predicted octanol–water partition coefficient (Wildman–Crippen LogP) is 7.52. The number of ether oxygens (including phenoxy) is 1. The van der Waals surface area contributed by atoms with Gasteiger partial charge in [-0.05, 0) is 42.4 Å². The number of rotatable bonds is 7. The van der Waals surface area contributed by atoms with Gasteiger partial charge in [0, 0.05) is 12.1 Å². The summed E-state index contributed by atoms with van der Waals surface area (Å²) in [4.78, 5) is 0. The summed E-state index contributed by atoms with van der Waals surface area (Å²) < 4.78 is 86.7. The van der Waals surface area contributed by atoms with Crippen LogP contribution in [0.3, 0.4) is 0 Å². The van der Waals surface area contributed by atoms with E-state index in [0.29, 0.717) is 17.9 Å². The Morgan fingerprint density at radius 3 is 2.03 bits per heavy atom. The molecule has 1 saturated carbocycles. The number of benzene rings is 2. The Labute approximate surface area is 172 Å². The van der Waals surface area contributed by atoms with E-state index in [1.165, 1.54) is 25.3 Å². The highest BCUT2D eigenvalue weighted by Crippen LogP contribution is 2.36. The Hall–Kier alpha value is -2.18. The Bertz CT molecular complexity index is 851. The maximum absolute atomic E-state index is 14.4. The van der Waals surface area contributed by atoms with Crippen molar-refractivity contribution in [3.05, 3.63) is 64.7 Å². The topological polar surface area (TPSA) is 9.23 Å². The minimum absolute atomic E-state index is 0.284. The normalized spacial score (nSPS) is 19.7. The van der Waals surface area contributed by atoms with Crippen LogP contribution in [0.1, 0.15) is 56.6 Å². The van der Waals surface area contributed by atoms with Gasteiger partial charge >= 0.3 is 6.11 Å². The molecule has 7 heteroatoms. The molecule has 1 aliphatic carbocycles. The first kappa shape index (κ1) is 22.5. The fraction of sp³-hybridized carbons (Fsp3) is 0.478. The summed E-state index contributed by atoms with van der Waals surface area (Å²) in [6, 6.07) is 3.92. The van der Waals surface area contributed by atoms with Crippen LogP contribution in [0.4, 0.5) is 26.3 Å². The highest BCUT2D eigenvalue weighted by molar-refractivity contribution is 5.30. The van der Waals surface area contributed by atoms with Gasteiger partial charge in [-0.3, -0.25) is 0 Å². The monoisotopic (exact) mass is 430 g/mol. The zero-order chi connectivity index (χ0) is 21.9. The molecule has 0 radical (unpaired) electrons. The lowest BCUT2D eigenvalue weighted by atomic mass is 9.78. The molecule has 0 unspecified atom stereocenters. The number of halogens is 6. The summed E-state index contributed by atoms with van der Waals surface area (Å²) >= 11 is 0. The molecular weight excluding hydrogens is 406 g/mol. The van der Waals surface area contributed by atoms with Crippen molar-refractivity contribution in [1.29, 1.82) is 0 Å². The molecule has 1 nitrogen and oxygen atoms in total. The van der Waals surface area contributed by atoms with Crippen LogP contribution in [-0.4, -0.2) is 0 Å². The van der Waals surface area contributed by atoms with E-state index in [1.54, 1.807) is 0 Å². The Kier molecular flexibility index (Phi) is 6.98. The molecule has 164 valence electrons. The molecule has 3 rings (SSSR count).